The van der Waals surface area contributed by atoms with Crippen molar-refractivity contribution in [1.29, 1.82) is 0 Å². The Morgan fingerprint density at radius 2 is 1.77 bits per heavy atom. The maximum absolute atomic E-state index is 11.8. The largest absolute Gasteiger partial charge is 0.289 e. The summed E-state index contributed by atoms with van der Waals surface area (Å²) in [6, 6.07) is 9.47. The first-order valence-electron chi connectivity index (χ1n) is 4.57. The molecule has 0 bridgehead atoms. The highest BCUT2D eigenvalue weighted by Crippen LogP contribution is 2.32. The zero-order chi connectivity index (χ0) is 9.26. The maximum Gasteiger partial charge on any atom is 0.188 e. The van der Waals surface area contributed by atoms with Crippen molar-refractivity contribution in [2.45, 2.75) is 19.8 Å². The van der Waals surface area contributed by atoms with E-state index >= 15 is 0 Å². The Morgan fingerprint density at radius 1 is 1.15 bits per heavy atom. The van der Waals surface area contributed by atoms with Gasteiger partial charge in [0, 0.05) is 5.56 Å². The normalized spacial score (nSPS) is 14.1. The Bertz CT molecular complexity index is 354. The molecule has 1 heteroatoms. The fourth-order valence-electron chi connectivity index (χ4n) is 1.40. The van der Waals surface area contributed by atoms with Crippen LogP contribution in [0.3, 0.4) is 0 Å². The second kappa shape index (κ2) is 3.17. The van der Waals surface area contributed by atoms with Crippen LogP contribution in [0.5, 0.6) is 0 Å². The molecule has 1 aliphatic carbocycles. The van der Waals surface area contributed by atoms with Gasteiger partial charge < -0.3 is 0 Å². The number of hydrogen-bond donors (Lipinski definition) is 0. The zero-order valence-corrected chi connectivity index (χ0v) is 7.71. The van der Waals surface area contributed by atoms with Crippen molar-refractivity contribution in [3.63, 3.8) is 0 Å². The molecule has 1 aliphatic rings. The van der Waals surface area contributed by atoms with Gasteiger partial charge in [0.25, 0.3) is 0 Å². The van der Waals surface area contributed by atoms with Crippen molar-refractivity contribution in [3.05, 3.63) is 47.0 Å². The van der Waals surface area contributed by atoms with Crippen molar-refractivity contribution in [2.75, 3.05) is 0 Å². The van der Waals surface area contributed by atoms with E-state index in [9.17, 15) is 4.79 Å². The molecule has 0 spiro atoms. The minimum absolute atomic E-state index is 0.188. The second-order valence-electron chi connectivity index (χ2n) is 3.42. The van der Waals surface area contributed by atoms with Crippen LogP contribution in [0.1, 0.15) is 30.1 Å². The molecule has 0 aliphatic heterocycles. The molecule has 1 saturated carbocycles. The fraction of sp³-hybridized carbons (Fsp3) is 0.250. The molecule has 0 amide bonds. The van der Waals surface area contributed by atoms with Crippen LogP contribution in [0, 0.1) is 0 Å². The Hall–Kier alpha value is -1.37. The summed E-state index contributed by atoms with van der Waals surface area (Å²) in [4.78, 5) is 11.8. The van der Waals surface area contributed by atoms with Gasteiger partial charge in [0.05, 0.1) is 0 Å². The van der Waals surface area contributed by atoms with Crippen LogP contribution in [0.25, 0.3) is 0 Å². The Morgan fingerprint density at radius 3 is 2.31 bits per heavy atom. The third-order valence-electron chi connectivity index (χ3n) is 2.41. The van der Waals surface area contributed by atoms with Crippen molar-refractivity contribution >= 4 is 5.78 Å². The Kier molecular flexibility index (Phi) is 2.01. The van der Waals surface area contributed by atoms with Crippen molar-refractivity contribution < 1.29 is 4.79 Å². The summed E-state index contributed by atoms with van der Waals surface area (Å²) >= 11 is 0. The predicted molar refractivity (Wildman–Crippen MR) is 52.7 cm³/mol. The molecule has 0 heterocycles. The quantitative estimate of drug-likeness (QED) is 0.495. The first kappa shape index (κ1) is 8.24. The highest BCUT2D eigenvalue weighted by molar-refractivity contribution is 6.09. The molecule has 1 aromatic rings. The topological polar surface area (TPSA) is 17.1 Å². The number of Topliss-reactive ketones (excluding diaryl/α,β-unsaturated/α-hetero) is 1. The molecule has 0 aromatic heterocycles. The molecular weight excluding hydrogens is 160 g/mol. The van der Waals surface area contributed by atoms with Crippen LogP contribution in [0.4, 0.5) is 0 Å². The highest BCUT2D eigenvalue weighted by atomic mass is 16.1. The van der Waals surface area contributed by atoms with Crippen molar-refractivity contribution in [2.24, 2.45) is 0 Å². The summed E-state index contributed by atoms with van der Waals surface area (Å²) in [6.07, 6.45) is 2.23. The highest BCUT2D eigenvalue weighted by Gasteiger charge is 2.19. The number of allylic oxidation sites excluding steroid dienone is 2. The summed E-state index contributed by atoms with van der Waals surface area (Å²) in [7, 11) is 0. The second-order valence-corrected chi connectivity index (χ2v) is 3.42. The lowest BCUT2D eigenvalue weighted by Gasteiger charge is -1.99. The van der Waals surface area contributed by atoms with Crippen molar-refractivity contribution in [1.82, 2.24) is 0 Å². The van der Waals surface area contributed by atoms with Gasteiger partial charge in [-0.05, 0) is 25.3 Å². The van der Waals surface area contributed by atoms with Crippen LogP contribution in [-0.4, -0.2) is 5.78 Å². The van der Waals surface area contributed by atoms with Crippen LogP contribution < -0.4 is 0 Å². The molecule has 66 valence electrons. The summed E-state index contributed by atoms with van der Waals surface area (Å²) in [5.74, 6) is 0.188. The predicted octanol–water partition coefficient (Wildman–Crippen LogP) is 2.98. The lowest BCUT2D eigenvalue weighted by molar-refractivity contribution is 0.103. The number of hydrogen-bond acceptors (Lipinski definition) is 1. The number of carbonyl (C=O) groups is 1. The van der Waals surface area contributed by atoms with Crippen LogP contribution in [-0.2, 0) is 0 Å². The average Bonchev–Trinajstić information content (AvgIpc) is 3.00. The average molecular weight is 172 g/mol. The van der Waals surface area contributed by atoms with Crippen LogP contribution >= 0.6 is 0 Å². The monoisotopic (exact) mass is 172 g/mol. The third kappa shape index (κ3) is 1.69. The molecule has 13 heavy (non-hydrogen) atoms. The molecule has 1 fully saturated rings. The lowest BCUT2D eigenvalue weighted by atomic mass is 10.0. The summed E-state index contributed by atoms with van der Waals surface area (Å²) < 4.78 is 0. The van der Waals surface area contributed by atoms with Gasteiger partial charge >= 0.3 is 0 Å². The molecule has 0 atom stereocenters. The first-order chi connectivity index (χ1) is 6.29. The molecule has 1 aromatic carbocycles. The SMILES string of the molecule is CC(C(=O)c1ccccc1)=C1CC1. The number of benzene rings is 1. The fourth-order valence-corrected chi connectivity index (χ4v) is 1.40. The van der Waals surface area contributed by atoms with Gasteiger partial charge in [0.1, 0.15) is 0 Å². The standard InChI is InChI=1S/C12H12O/c1-9(10-7-8-10)12(13)11-5-3-2-4-6-11/h2-6H,7-8H2,1H3. The van der Waals surface area contributed by atoms with E-state index in [0.29, 0.717) is 0 Å². The zero-order valence-electron chi connectivity index (χ0n) is 7.71. The van der Waals surface area contributed by atoms with Gasteiger partial charge in [-0.2, -0.15) is 0 Å². The third-order valence-corrected chi connectivity index (χ3v) is 2.41. The van der Waals surface area contributed by atoms with E-state index in [1.54, 1.807) is 0 Å². The molecular formula is C12H12O. The summed E-state index contributed by atoms with van der Waals surface area (Å²) in [5, 5.41) is 0. The maximum atomic E-state index is 11.8. The van der Waals surface area contributed by atoms with E-state index in [1.807, 2.05) is 37.3 Å². The van der Waals surface area contributed by atoms with Gasteiger partial charge in [0.2, 0.25) is 0 Å². The van der Waals surface area contributed by atoms with Gasteiger partial charge in [-0.15, -0.1) is 0 Å². The first-order valence-corrected chi connectivity index (χ1v) is 4.57. The minimum Gasteiger partial charge on any atom is -0.289 e. The van der Waals surface area contributed by atoms with E-state index < -0.39 is 0 Å². The smallest absolute Gasteiger partial charge is 0.188 e. The number of carbonyl (C=O) groups excluding carboxylic acids is 1. The number of rotatable bonds is 2. The lowest BCUT2D eigenvalue weighted by Crippen LogP contribution is -1.99. The number of ketones is 1. The Labute approximate surface area is 78.1 Å². The van der Waals surface area contributed by atoms with E-state index in [0.717, 1.165) is 24.0 Å². The van der Waals surface area contributed by atoms with Gasteiger partial charge in [-0.25, -0.2) is 0 Å². The van der Waals surface area contributed by atoms with Crippen LogP contribution in [0.2, 0.25) is 0 Å². The van der Waals surface area contributed by atoms with E-state index in [2.05, 4.69) is 0 Å². The molecule has 0 saturated heterocycles. The van der Waals surface area contributed by atoms with Gasteiger partial charge in [0.15, 0.2) is 5.78 Å². The molecule has 0 unspecified atom stereocenters. The molecule has 1 nitrogen and oxygen atoms in total. The van der Waals surface area contributed by atoms with E-state index in [4.69, 9.17) is 0 Å². The summed E-state index contributed by atoms with van der Waals surface area (Å²) in [6.45, 7) is 1.93. The van der Waals surface area contributed by atoms with Gasteiger partial charge in [-0.1, -0.05) is 35.9 Å². The molecule has 0 N–H and O–H groups in total. The van der Waals surface area contributed by atoms with Gasteiger partial charge in [-0.3, -0.25) is 4.79 Å². The van der Waals surface area contributed by atoms with Crippen molar-refractivity contribution in [3.8, 4) is 0 Å². The molecule has 0 radical (unpaired) electrons. The Balaban J connectivity index is 2.28. The minimum atomic E-state index is 0.188. The molecule has 2 rings (SSSR count). The van der Waals surface area contributed by atoms with E-state index in [1.165, 1.54) is 5.57 Å². The van der Waals surface area contributed by atoms with Crippen LogP contribution in [0.15, 0.2) is 41.5 Å². The van der Waals surface area contributed by atoms with E-state index in [-0.39, 0.29) is 5.78 Å². The summed E-state index contributed by atoms with van der Waals surface area (Å²) in [5.41, 5.74) is 3.08.